The minimum atomic E-state index is -5.08. The molecule has 2 heterocycles. The molecule has 0 bridgehead atoms. The number of aromatic nitrogens is 2. The Kier molecular flexibility index (Phi) is 9.21. The Balaban J connectivity index is 0.000000451. The number of nitrogens with zero attached hydrogens (tertiary/aromatic N) is 4. The SMILES string of the molecule is CN(C)C(=O)CC1CN(CCOCc2ccccc2)Cc2ccnn21.O=C(O)C(F)(F)F. The van der Waals surface area contributed by atoms with Crippen LogP contribution < -0.4 is 0 Å². The van der Waals surface area contributed by atoms with Gasteiger partial charge < -0.3 is 14.7 Å². The lowest BCUT2D eigenvalue weighted by Gasteiger charge is -2.34. The summed E-state index contributed by atoms with van der Waals surface area (Å²) in [5, 5.41) is 11.5. The molecule has 0 saturated heterocycles. The number of fused-ring (bicyclic) bond motifs is 1. The first kappa shape index (κ1) is 25.3. The van der Waals surface area contributed by atoms with E-state index in [0.717, 1.165) is 25.3 Å². The highest BCUT2D eigenvalue weighted by molar-refractivity contribution is 5.76. The summed E-state index contributed by atoms with van der Waals surface area (Å²) in [5.41, 5.74) is 2.35. The van der Waals surface area contributed by atoms with Crippen molar-refractivity contribution in [3.63, 3.8) is 0 Å². The number of carbonyl (C=O) groups excluding carboxylic acids is 1. The molecule has 0 spiro atoms. The van der Waals surface area contributed by atoms with Crippen LogP contribution >= 0.6 is 0 Å². The third-order valence-electron chi connectivity index (χ3n) is 4.77. The molecule has 176 valence electrons. The highest BCUT2D eigenvalue weighted by Gasteiger charge is 2.38. The van der Waals surface area contributed by atoms with E-state index in [2.05, 4.69) is 22.1 Å². The number of aliphatic carboxylic acids is 1. The van der Waals surface area contributed by atoms with Gasteiger partial charge in [-0.3, -0.25) is 14.4 Å². The number of hydrogen-bond acceptors (Lipinski definition) is 5. The first-order valence-corrected chi connectivity index (χ1v) is 9.94. The van der Waals surface area contributed by atoms with Crippen LogP contribution in [-0.2, 0) is 27.5 Å². The number of carboxylic acids is 1. The van der Waals surface area contributed by atoms with Crippen molar-refractivity contribution in [1.82, 2.24) is 19.6 Å². The number of carboxylic acid groups (broad SMARTS) is 1. The number of halogens is 3. The Morgan fingerprint density at radius 2 is 1.88 bits per heavy atom. The highest BCUT2D eigenvalue weighted by atomic mass is 19.4. The maximum atomic E-state index is 12.1. The molecule has 32 heavy (non-hydrogen) atoms. The lowest BCUT2D eigenvalue weighted by molar-refractivity contribution is -0.192. The van der Waals surface area contributed by atoms with E-state index in [9.17, 15) is 18.0 Å². The Labute approximate surface area is 184 Å². The molecule has 1 amide bonds. The molecule has 2 aromatic rings. The van der Waals surface area contributed by atoms with Crippen LogP contribution in [0.25, 0.3) is 0 Å². The molecule has 3 rings (SSSR count). The van der Waals surface area contributed by atoms with Gasteiger partial charge in [0.25, 0.3) is 0 Å². The zero-order valence-electron chi connectivity index (χ0n) is 18.0. The van der Waals surface area contributed by atoms with E-state index in [1.807, 2.05) is 35.1 Å². The molecule has 1 atom stereocenters. The van der Waals surface area contributed by atoms with Crippen molar-refractivity contribution < 1.29 is 32.6 Å². The average molecular weight is 456 g/mol. The van der Waals surface area contributed by atoms with Crippen molar-refractivity contribution in [2.75, 3.05) is 33.8 Å². The van der Waals surface area contributed by atoms with Gasteiger partial charge in [0.1, 0.15) is 0 Å². The molecule has 0 fully saturated rings. The van der Waals surface area contributed by atoms with Gasteiger partial charge in [0.2, 0.25) is 5.91 Å². The predicted octanol–water partition coefficient (Wildman–Crippen LogP) is 2.57. The second kappa shape index (κ2) is 11.6. The van der Waals surface area contributed by atoms with E-state index >= 15 is 0 Å². The van der Waals surface area contributed by atoms with Gasteiger partial charge in [0.15, 0.2) is 0 Å². The van der Waals surface area contributed by atoms with Crippen LogP contribution in [0, 0.1) is 0 Å². The van der Waals surface area contributed by atoms with Crippen molar-refractivity contribution in [3.8, 4) is 0 Å². The molecule has 0 radical (unpaired) electrons. The Morgan fingerprint density at radius 3 is 2.47 bits per heavy atom. The average Bonchev–Trinajstić information content (AvgIpc) is 3.20. The fourth-order valence-corrected chi connectivity index (χ4v) is 3.13. The van der Waals surface area contributed by atoms with Gasteiger partial charge in [-0.15, -0.1) is 0 Å². The second-order valence-electron chi connectivity index (χ2n) is 7.49. The maximum absolute atomic E-state index is 12.1. The van der Waals surface area contributed by atoms with E-state index in [-0.39, 0.29) is 11.9 Å². The van der Waals surface area contributed by atoms with E-state index in [4.69, 9.17) is 14.6 Å². The van der Waals surface area contributed by atoms with Crippen LogP contribution in [0.4, 0.5) is 13.2 Å². The molecule has 1 N–H and O–H groups in total. The predicted molar refractivity (Wildman–Crippen MR) is 110 cm³/mol. The number of alkyl halides is 3. The fraction of sp³-hybridized carbons (Fsp3) is 0.476. The molecule has 1 aromatic heterocycles. The standard InChI is InChI=1S/C19H26N4O2.C2HF3O2/c1-21(2)19(24)12-18-14-22(13-17-8-9-20-23(17)18)10-11-25-15-16-6-4-3-5-7-16;3-2(4,5)1(6)7/h3-9,18H,10-15H2,1-2H3;(H,6,7). The Morgan fingerprint density at radius 1 is 1.22 bits per heavy atom. The van der Waals surface area contributed by atoms with Crippen LogP contribution in [0.15, 0.2) is 42.6 Å². The lowest BCUT2D eigenvalue weighted by Crippen LogP contribution is -2.41. The summed E-state index contributed by atoms with van der Waals surface area (Å²) in [4.78, 5) is 25.0. The summed E-state index contributed by atoms with van der Waals surface area (Å²) in [6, 6.07) is 12.3. The molecule has 11 heteroatoms. The van der Waals surface area contributed by atoms with Gasteiger partial charge in [-0.2, -0.15) is 18.3 Å². The second-order valence-corrected chi connectivity index (χ2v) is 7.49. The topological polar surface area (TPSA) is 87.9 Å². The zero-order chi connectivity index (χ0) is 23.7. The largest absolute Gasteiger partial charge is 0.490 e. The molecule has 0 saturated carbocycles. The smallest absolute Gasteiger partial charge is 0.475 e. The first-order valence-electron chi connectivity index (χ1n) is 9.94. The molecule has 1 aliphatic heterocycles. The summed E-state index contributed by atoms with van der Waals surface area (Å²) in [5.74, 6) is -2.62. The van der Waals surface area contributed by atoms with Crippen molar-refractivity contribution in [2.45, 2.75) is 31.8 Å². The van der Waals surface area contributed by atoms with Crippen LogP contribution in [-0.4, -0.2) is 76.5 Å². The normalized spacial score (nSPS) is 16.0. The number of benzene rings is 1. The molecular weight excluding hydrogens is 429 g/mol. The quantitative estimate of drug-likeness (QED) is 0.645. The van der Waals surface area contributed by atoms with Gasteiger partial charge in [0.05, 0.1) is 31.4 Å². The van der Waals surface area contributed by atoms with E-state index < -0.39 is 12.1 Å². The van der Waals surface area contributed by atoms with Crippen LogP contribution in [0.1, 0.15) is 23.7 Å². The highest BCUT2D eigenvalue weighted by Crippen LogP contribution is 2.23. The van der Waals surface area contributed by atoms with Gasteiger partial charge >= 0.3 is 12.1 Å². The third-order valence-corrected chi connectivity index (χ3v) is 4.77. The van der Waals surface area contributed by atoms with Gasteiger partial charge in [0, 0.05) is 39.9 Å². The van der Waals surface area contributed by atoms with Crippen molar-refractivity contribution >= 4 is 11.9 Å². The Bertz CT molecular complexity index is 871. The van der Waals surface area contributed by atoms with Crippen LogP contribution in [0.3, 0.4) is 0 Å². The van der Waals surface area contributed by atoms with Gasteiger partial charge in [-0.05, 0) is 11.6 Å². The molecule has 0 aliphatic carbocycles. The summed E-state index contributed by atoms with van der Waals surface area (Å²) in [7, 11) is 3.59. The van der Waals surface area contributed by atoms with Crippen molar-refractivity contribution in [2.24, 2.45) is 0 Å². The van der Waals surface area contributed by atoms with Crippen LogP contribution in [0.2, 0.25) is 0 Å². The van der Waals surface area contributed by atoms with Gasteiger partial charge in [-0.1, -0.05) is 30.3 Å². The molecular formula is C21H27F3N4O4. The minimum absolute atomic E-state index is 0.0859. The maximum Gasteiger partial charge on any atom is 0.490 e. The molecule has 8 nitrogen and oxygen atoms in total. The summed E-state index contributed by atoms with van der Waals surface area (Å²) in [6.07, 6.45) is -2.79. The number of rotatable bonds is 7. The molecule has 1 aliphatic rings. The monoisotopic (exact) mass is 456 g/mol. The number of amides is 1. The van der Waals surface area contributed by atoms with Gasteiger partial charge in [-0.25, -0.2) is 4.79 Å². The summed E-state index contributed by atoms with van der Waals surface area (Å²) in [6.45, 7) is 3.83. The van der Waals surface area contributed by atoms with E-state index in [0.29, 0.717) is 19.6 Å². The molecule has 1 unspecified atom stereocenters. The number of ether oxygens (including phenoxy) is 1. The van der Waals surface area contributed by atoms with E-state index in [1.165, 1.54) is 5.56 Å². The lowest BCUT2D eigenvalue weighted by atomic mass is 10.1. The minimum Gasteiger partial charge on any atom is -0.475 e. The summed E-state index contributed by atoms with van der Waals surface area (Å²) < 4.78 is 39.5. The van der Waals surface area contributed by atoms with E-state index in [1.54, 1.807) is 19.0 Å². The third kappa shape index (κ3) is 7.97. The summed E-state index contributed by atoms with van der Waals surface area (Å²) >= 11 is 0. The zero-order valence-corrected chi connectivity index (χ0v) is 18.0. The first-order chi connectivity index (χ1) is 15.1. The molecule has 1 aromatic carbocycles. The van der Waals surface area contributed by atoms with Crippen molar-refractivity contribution in [3.05, 3.63) is 53.9 Å². The Hall–Kier alpha value is -2.92. The van der Waals surface area contributed by atoms with Crippen molar-refractivity contribution in [1.29, 1.82) is 0 Å². The fourth-order valence-electron chi connectivity index (χ4n) is 3.13. The van der Waals surface area contributed by atoms with Crippen LogP contribution in [0.5, 0.6) is 0 Å². The number of hydrogen-bond donors (Lipinski definition) is 1. The number of carbonyl (C=O) groups is 2.